The molecule has 0 amide bonds. The minimum atomic E-state index is 0.577. The van der Waals surface area contributed by atoms with Crippen LogP contribution in [0.3, 0.4) is 0 Å². The van der Waals surface area contributed by atoms with Crippen molar-refractivity contribution in [3.8, 4) is 0 Å². The van der Waals surface area contributed by atoms with E-state index in [-0.39, 0.29) is 0 Å². The Morgan fingerprint density at radius 3 is 3.05 bits per heavy atom. The van der Waals surface area contributed by atoms with Gasteiger partial charge in [-0.2, -0.15) is 0 Å². The molecule has 104 valence electrons. The van der Waals surface area contributed by atoms with Gasteiger partial charge in [0.25, 0.3) is 0 Å². The van der Waals surface area contributed by atoms with Crippen LogP contribution in [0.2, 0.25) is 0 Å². The van der Waals surface area contributed by atoms with E-state index in [1.54, 1.807) is 16.9 Å². The van der Waals surface area contributed by atoms with Gasteiger partial charge < -0.3 is 11.1 Å². The number of aliphatic imine (C=N–C) groups is 1. The molecular formula is C15H23N3S. The third-order valence-corrected chi connectivity index (χ3v) is 4.29. The van der Waals surface area contributed by atoms with Gasteiger partial charge in [0.1, 0.15) is 0 Å². The highest BCUT2D eigenvalue weighted by Gasteiger charge is 2.03. The first kappa shape index (κ1) is 14.1. The topological polar surface area (TPSA) is 50.4 Å². The minimum Gasteiger partial charge on any atom is -0.370 e. The quantitative estimate of drug-likeness (QED) is 0.477. The van der Waals surface area contributed by atoms with E-state index in [4.69, 9.17) is 5.73 Å². The molecule has 3 N–H and O–H groups in total. The van der Waals surface area contributed by atoms with Crippen molar-refractivity contribution in [1.82, 2.24) is 5.32 Å². The number of hydrogen-bond donors (Lipinski definition) is 2. The summed E-state index contributed by atoms with van der Waals surface area (Å²) in [5.74, 6) is 0.577. The van der Waals surface area contributed by atoms with Crippen molar-refractivity contribution in [2.45, 2.75) is 38.5 Å². The maximum Gasteiger partial charge on any atom is 0.188 e. The molecule has 1 heterocycles. The van der Waals surface area contributed by atoms with Crippen molar-refractivity contribution in [3.63, 3.8) is 0 Å². The molecule has 1 aliphatic rings. The van der Waals surface area contributed by atoms with Crippen LogP contribution < -0.4 is 11.1 Å². The average molecular weight is 277 g/mol. The SMILES string of the molecule is NC(=NCCc1cccs1)NCCC1=CCCCC1. The molecule has 4 heteroatoms. The van der Waals surface area contributed by atoms with Crippen LogP contribution in [0.4, 0.5) is 0 Å². The van der Waals surface area contributed by atoms with Crippen LogP contribution in [-0.4, -0.2) is 19.0 Å². The molecule has 0 aliphatic heterocycles. The summed E-state index contributed by atoms with van der Waals surface area (Å²) in [5, 5.41) is 5.30. The number of guanidine groups is 1. The van der Waals surface area contributed by atoms with E-state index in [2.05, 4.69) is 33.9 Å². The molecule has 0 saturated carbocycles. The molecule has 0 radical (unpaired) electrons. The first-order valence-electron chi connectivity index (χ1n) is 7.08. The molecule has 1 aromatic heterocycles. The summed E-state index contributed by atoms with van der Waals surface area (Å²) in [6.45, 7) is 1.67. The molecule has 0 unspecified atom stereocenters. The number of nitrogens with one attached hydrogen (secondary N) is 1. The van der Waals surface area contributed by atoms with E-state index in [1.807, 2.05) is 0 Å². The van der Waals surface area contributed by atoms with Gasteiger partial charge in [-0.05, 0) is 43.6 Å². The van der Waals surface area contributed by atoms with Gasteiger partial charge in [0.05, 0.1) is 0 Å². The van der Waals surface area contributed by atoms with Gasteiger partial charge in [0.2, 0.25) is 0 Å². The van der Waals surface area contributed by atoms with E-state index in [0.29, 0.717) is 5.96 Å². The smallest absolute Gasteiger partial charge is 0.188 e. The van der Waals surface area contributed by atoms with Gasteiger partial charge in [-0.1, -0.05) is 17.7 Å². The van der Waals surface area contributed by atoms with Gasteiger partial charge in [0, 0.05) is 24.4 Å². The van der Waals surface area contributed by atoms with Crippen molar-refractivity contribution in [2.24, 2.45) is 10.7 Å². The Morgan fingerprint density at radius 1 is 1.37 bits per heavy atom. The third-order valence-electron chi connectivity index (χ3n) is 3.36. The average Bonchev–Trinajstić information content (AvgIpc) is 2.93. The number of thiophene rings is 1. The van der Waals surface area contributed by atoms with Gasteiger partial charge in [-0.3, -0.25) is 4.99 Å². The predicted molar refractivity (Wildman–Crippen MR) is 83.7 cm³/mol. The lowest BCUT2D eigenvalue weighted by molar-refractivity contribution is 0.668. The Bertz CT molecular complexity index is 421. The Hall–Kier alpha value is -1.29. The number of rotatable bonds is 6. The summed E-state index contributed by atoms with van der Waals surface area (Å²) in [6.07, 6.45) is 9.66. The zero-order chi connectivity index (χ0) is 13.3. The maximum atomic E-state index is 5.85. The van der Waals surface area contributed by atoms with Crippen LogP contribution in [-0.2, 0) is 6.42 Å². The Kier molecular flexibility index (Phi) is 5.95. The Labute approximate surface area is 119 Å². The van der Waals surface area contributed by atoms with E-state index in [9.17, 15) is 0 Å². The molecule has 19 heavy (non-hydrogen) atoms. The second kappa shape index (κ2) is 8.00. The summed E-state index contributed by atoms with van der Waals surface area (Å²) in [5.41, 5.74) is 7.43. The number of nitrogens with zero attached hydrogens (tertiary/aromatic N) is 1. The standard InChI is InChI=1S/C15H23N3S/c16-15(18-11-9-14-7-4-12-19-14)17-10-8-13-5-2-1-3-6-13/h4-5,7,12H,1-3,6,8-11H2,(H3,16,17,18). The van der Waals surface area contributed by atoms with Crippen molar-refractivity contribution >= 4 is 17.3 Å². The molecule has 0 aromatic carbocycles. The third kappa shape index (κ3) is 5.47. The normalized spacial score (nSPS) is 16.2. The number of nitrogens with two attached hydrogens (primary N) is 1. The molecule has 3 nitrogen and oxygen atoms in total. The molecule has 0 bridgehead atoms. The monoisotopic (exact) mass is 277 g/mol. The van der Waals surface area contributed by atoms with E-state index >= 15 is 0 Å². The largest absolute Gasteiger partial charge is 0.370 e. The summed E-state index contributed by atoms with van der Waals surface area (Å²) in [6, 6.07) is 4.21. The summed E-state index contributed by atoms with van der Waals surface area (Å²) >= 11 is 1.77. The second-order valence-electron chi connectivity index (χ2n) is 4.88. The minimum absolute atomic E-state index is 0.577. The van der Waals surface area contributed by atoms with Crippen molar-refractivity contribution in [3.05, 3.63) is 34.0 Å². The lowest BCUT2D eigenvalue weighted by atomic mass is 9.97. The van der Waals surface area contributed by atoms with Gasteiger partial charge in [0.15, 0.2) is 5.96 Å². The molecule has 1 aromatic rings. The Balaban J connectivity index is 1.60. The fourth-order valence-corrected chi connectivity index (χ4v) is 2.98. The van der Waals surface area contributed by atoms with Crippen LogP contribution >= 0.6 is 11.3 Å². The zero-order valence-corrected chi connectivity index (χ0v) is 12.2. The first-order valence-corrected chi connectivity index (χ1v) is 7.96. The summed E-state index contributed by atoms with van der Waals surface area (Å²) in [4.78, 5) is 5.72. The maximum absolute atomic E-state index is 5.85. The van der Waals surface area contributed by atoms with E-state index in [1.165, 1.54) is 30.6 Å². The van der Waals surface area contributed by atoms with Crippen LogP contribution in [0.15, 0.2) is 34.2 Å². The highest BCUT2D eigenvalue weighted by Crippen LogP contribution is 2.19. The molecule has 0 atom stereocenters. The Morgan fingerprint density at radius 2 is 2.32 bits per heavy atom. The molecule has 0 spiro atoms. The molecular weight excluding hydrogens is 254 g/mol. The lowest BCUT2D eigenvalue weighted by Crippen LogP contribution is -2.32. The van der Waals surface area contributed by atoms with Gasteiger partial charge in [-0.25, -0.2) is 0 Å². The first-order chi connectivity index (χ1) is 9.34. The molecule has 0 fully saturated rings. The summed E-state index contributed by atoms with van der Waals surface area (Å²) in [7, 11) is 0. The highest BCUT2D eigenvalue weighted by molar-refractivity contribution is 7.09. The van der Waals surface area contributed by atoms with Crippen molar-refractivity contribution in [1.29, 1.82) is 0 Å². The predicted octanol–water partition coefficient (Wildman–Crippen LogP) is 3.09. The van der Waals surface area contributed by atoms with E-state index in [0.717, 1.165) is 25.9 Å². The van der Waals surface area contributed by atoms with Crippen LogP contribution in [0.1, 0.15) is 37.0 Å². The van der Waals surface area contributed by atoms with Crippen molar-refractivity contribution in [2.75, 3.05) is 13.1 Å². The van der Waals surface area contributed by atoms with Crippen LogP contribution in [0.5, 0.6) is 0 Å². The zero-order valence-electron chi connectivity index (χ0n) is 11.4. The van der Waals surface area contributed by atoms with Gasteiger partial charge in [-0.15, -0.1) is 11.3 Å². The molecule has 1 aliphatic carbocycles. The van der Waals surface area contributed by atoms with Crippen molar-refractivity contribution < 1.29 is 0 Å². The van der Waals surface area contributed by atoms with Crippen LogP contribution in [0.25, 0.3) is 0 Å². The lowest BCUT2D eigenvalue weighted by Gasteiger charge is -2.13. The van der Waals surface area contributed by atoms with E-state index < -0.39 is 0 Å². The van der Waals surface area contributed by atoms with Crippen LogP contribution in [0, 0.1) is 0 Å². The highest BCUT2D eigenvalue weighted by atomic mass is 32.1. The van der Waals surface area contributed by atoms with Gasteiger partial charge >= 0.3 is 0 Å². The fourth-order valence-electron chi connectivity index (χ4n) is 2.28. The fraction of sp³-hybridized carbons (Fsp3) is 0.533. The number of hydrogen-bond acceptors (Lipinski definition) is 2. The summed E-state index contributed by atoms with van der Waals surface area (Å²) < 4.78 is 0. The molecule has 2 rings (SSSR count). The second-order valence-corrected chi connectivity index (χ2v) is 5.91. The number of allylic oxidation sites excluding steroid dienone is 1. The molecule has 0 saturated heterocycles.